The highest BCUT2D eigenvalue weighted by atomic mass is 35.5. The number of rotatable bonds is 3. The third-order valence-electron chi connectivity index (χ3n) is 9.96. The molecule has 6 nitrogen and oxygen atoms in total. The molecule has 0 radical (unpaired) electrons. The lowest BCUT2D eigenvalue weighted by atomic mass is 9.45. The first kappa shape index (κ1) is 26.6. The van der Waals surface area contributed by atoms with Gasteiger partial charge in [-0.3, -0.25) is 4.79 Å². The Morgan fingerprint density at radius 1 is 1.24 bits per heavy atom. The zero-order valence-corrected chi connectivity index (χ0v) is 23.1. The van der Waals surface area contributed by atoms with E-state index < -0.39 is 57.4 Å². The number of thiophene rings is 1. The summed E-state index contributed by atoms with van der Waals surface area (Å²) in [5.41, 5.74) is -2.85. The molecule has 0 aromatic carbocycles. The summed E-state index contributed by atoms with van der Waals surface area (Å²) in [6.07, 6.45) is 2.13. The third-order valence-corrected chi connectivity index (χ3v) is 11.9. The fraction of sp³-hybridized carbons (Fsp3) is 0.607. The van der Waals surface area contributed by atoms with Crippen LogP contribution < -0.4 is 0 Å². The molecule has 0 spiro atoms. The normalized spacial score (nSPS) is 44.4. The number of fused-ring (bicyclic) bond motifs is 5. The summed E-state index contributed by atoms with van der Waals surface area (Å²) < 4.78 is 27.2. The van der Waals surface area contributed by atoms with Gasteiger partial charge < -0.3 is 14.6 Å². The first-order valence-corrected chi connectivity index (χ1v) is 13.9. The number of carbonyl (C=O) groups excluding carboxylic acids is 3. The number of halogens is 2. The van der Waals surface area contributed by atoms with Gasteiger partial charge in [0.05, 0.1) is 18.1 Å². The molecule has 3 saturated carbocycles. The van der Waals surface area contributed by atoms with Gasteiger partial charge in [0.1, 0.15) is 11.0 Å². The average molecular weight is 551 g/mol. The van der Waals surface area contributed by atoms with Crippen molar-refractivity contribution in [3.63, 3.8) is 0 Å². The number of carbonyl (C=O) groups is 3. The predicted octanol–water partition coefficient (Wildman–Crippen LogP) is 4.96. The molecule has 1 aromatic heterocycles. The zero-order valence-electron chi connectivity index (χ0n) is 21.5. The van der Waals surface area contributed by atoms with Crippen LogP contribution in [0.25, 0.3) is 0 Å². The van der Waals surface area contributed by atoms with Gasteiger partial charge in [-0.2, -0.15) is 0 Å². The van der Waals surface area contributed by atoms with Crippen molar-refractivity contribution >= 4 is 40.7 Å². The first-order valence-electron chi connectivity index (χ1n) is 12.6. The van der Waals surface area contributed by atoms with Crippen molar-refractivity contribution in [3.8, 4) is 0 Å². The molecule has 1 heterocycles. The number of aliphatic hydroxyl groups excluding tert-OH is 1. The topological polar surface area (TPSA) is 89.9 Å². The number of aliphatic hydroxyl groups is 1. The molecule has 37 heavy (non-hydrogen) atoms. The maximum Gasteiger partial charge on any atom is 0.351 e. The Hall–Kier alpha value is -2.03. The Kier molecular flexibility index (Phi) is 6.09. The number of hydrogen-bond donors (Lipinski definition) is 1. The van der Waals surface area contributed by atoms with Crippen molar-refractivity contribution in [2.75, 3.05) is 7.11 Å². The summed E-state index contributed by atoms with van der Waals surface area (Å²) >= 11 is 8.63. The number of hydrogen-bond acceptors (Lipinski definition) is 7. The molecule has 3 fully saturated rings. The van der Waals surface area contributed by atoms with E-state index in [9.17, 15) is 19.5 Å². The fourth-order valence-corrected chi connectivity index (χ4v) is 9.43. The highest BCUT2D eigenvalue weighted by molar-refractivity contribution is 7.12. The molecule has 0 saturated heterocycles. The van der Waals surface area contributed by atoms with Crippen LogP contribution in [0.3, 0.4) is 0 Å². The standard InChI is InChI=1S/C28H32ClFO6S/c1-14-7-9-37-22(14)23(33)36-28(24(34)35-5)15(2)10-17-18-12-20(30)19-11-16(31)6-8-25(19,3)27(18,29)21(32)13-26(17,28)4/h6-9,11,15,17-18,20-21,32H,10,12-13H2,1-5H3/t15-,17?,18?,20-,21-,25-,26-,27-,28-/m0/s1. The molecular weight excluding hydrogens is 519 g/mol. The van der Waals surface area contributed by atoms with E-state index in [1.807, 2.05) is 13.8 Å². The Morgan fingerprint density at radius 2 is 1.95 bits per heavy atom. The highest BCUT2D eigenvalue weighted by Gasteiger charge is 2.78. The summed E-state index contributed by atoms with van der Waals surface area (Å²) in [5.74, 6) is -3.02. The van der Waals surface area contributed by atoms with Gasteiger partial charge in [-0.15, -0.1) is 22.9 Å². The second-order valence-corrected chi connectivity index (χ2v) is 13.1. The molecule has 0 aliphatic heterocycles. The van der Waals surface area contributed by atoms with Gasteiger partial charge in [0, 0.05) is 16.7 Å². The van der Waals surface area contributed by atoms with Crippen molar-refractivity contribution in [2.45, 2.75) is 69.7 Å². The second kappa shape index (κ2) is 8.48. The lowest BCUT2D eigenvalue weighted by Crippen LogP contribution is -2.70. The van der Waals surface area contributed by atoms with E-state index in [1.54, 1.807) is 31.4 Å². The number of ketones is 1. The Labute approximate surface area is 224 Å². The molecule has 9 heteroatoms. The van der Waals surface area contributed by atoms with Gasteiger partial charge in [0.25, 0.3) is 0 Å². The minimum absolute atomic E-state index is 0.00862. The van der Waals surface area contributed by atoms with Gasteiger partial charge in [-0.1, -0.05) is 26.8 Å². The summed E-state index contributed by atoms with van der Waals surface area (Å²) in [5, 5.41) is 13.6. The van der Waals surface area contributed by atoms with Crippen LogP contribution in [0.15, 0.2) is 35.2 Å². The number of aryl methyl sites for hydroxylation is 1. The predicted molar refractivity (Wildman–Crippen MR) is 137 cm³/mol. The van der Waals surface area contributed by atoms with Gasteiger partial charge in [0.2, 0.25) is 5.60 Å². The maximum absolute atomic E-state index is 15.8. The molecule has 200 valence electrons. The molecule has 9 atom stereocenters. The number of allylic oxidation sites excluding steroid dienone is 4. The van der Waals surface area contributed by atoms with Crippen LogP contribution in [0.2, 0.25) is 0 Å². The van der Waals surface area contributed by atoms with Crippen LogP contribution >= 0.6 is 22.9 Å². The van der Waals surface area contributed by atoms with E-state index in [1.165, 1.54) is 30.6 Å². The molecule has 4 aliphatic rings. The summed E-state index contributed by atoms with van der Waals surface area (Å²) in [6.45, 7) is 7.22. The van der Waals surface area contributed by atoms with Gasteiger partial charge >= 0.3 is 11.9 Å². The van der Waals surface area contributed by atoms with Crippen LogP contribution in [-0.2, 0) is 19.1 Å². The number of ether oxygens (including phenoxy) is 2. The van der Waals surface area contributed by atoms with Crippen LogP contribution in [0.5, 0.6) is 0 Å². The first-order chi connectivity index (χ1) is 17.3. The quantitative estimate of drug-likeness (QED) is 0.423. The molecule has 1 N–H and O–H groups in total. The van der Waals surface area contributed by atoms with Crippen molar-refractivity contribution in [2.24, 2.45) is 28.6 Å². The van der Waals surface area contributed by atoms with Crippen molar-refractivity contribution < 1.29 is 33.4 Å². The van der Waals surface area contributed by atoms with E-state index in [4.69, 9.17) is 21.1 Å². The van der Waals surface area contributed by atoms with E-state index in [0.29, 0.717) is 11.3 Å². The molecular formula is C28H32ClFO6S. The summed E-state index contributed by atoms with van der Waals surface area (Å²) in [6, 6.07) is 1.80. The molecule has 4 aliphatic carbocycles. The second-order valence-electron chi connectivity index (χ2n) is 11.5. The summed E-state index contributed by atoms with van der Waals surface area (Å²) in [4.78, 5) is 38.2. The number of alkyl halides is 2. The van der Waals surface area contributed by atoms with Crippen LogP contribution in [0.1, 0.15) is 55.3 Å². The molecule has 0 bridgehead atoms. The lowest BCUT2D eigenvalue weighted by molar-refractivity contribution is -0.199. The zero-order chi connectivity index (χ0) is 27.1. The average Bonchev–Trinajstić information content (AvgIpc) is 3.36. The Balaban J connectivity index is 1.64. The monoisotopic (exact) mass is 550 g/mol. The van der Waals surface area contributed by atoms with E-state index in [2.05, 4.69) is 0 Å². The number of methoxy groups -OCH3 is 1. The van der Waals surface area contributed by atoms with Crippen molar-refractivity contribution in [3.05, 3.63) is 45.7 Å². The lowest BCUT2D eigenvalue weighted by Gasteiger charge is -2.64. The molecule has 1 aromatic rings. The van der Waals surface area contributed by atoms with Crippen LogP contribution in [-0.4, -0.2) is 52.7 Å². The molecule has 5 rings (SSSR count). The van der Waals surface area contributed by atoms with Crippen molar-refractivity contribution in [1.29, 1.82) is 0 Å². The fourth-order valence-electron chi connectivity index (χ4n) is 8.14. The van der Waals surface area contributed by atoms with Gasteiger partial charge in [-0.05, 0) is 72.8 Å². The summed E-state index contributed by atoms with van der Waals surface area (Å²) in [7, 11) is 1.25. The molecule has 2 unspecified atom stereocenters. The largest absolute Gasteiger partial charge is 0.466 e. The molecule has 0 amide bonds. The van der Waals surface area contributed by atoms with Crippen LogP contribution in [0, 0.1) is 35.5 Å². The number of esters is 2. The smallest absolute Gasteiger partial charge is 0.351 e. The minimum Gasteiger partial charge on any atom is -0.466 e. The third kappa shape index (κ3) is 3.21. The van der Waals surface area contributed by atoms with E-state index in [0.717, 1.165) is 5.56 Å². The van der Waals surface area contributed by atoms with E-state index in [-0.39, 0.29) is 30.1 Å². The minimum atomic E-state index is -1.69. The van der Waals surface area contributed by atoms with Gasteiger partial charge in [-0.25, -0.2) is 14.0 Å². The highest BCUT2D eigenvalue weighted by Crippen LogP contribution is 2.72. The SMILES string of the molecule is COC(=O)[C@@]1(OC(=O)c2sccc2C)[C@@H](C)CC2C3C[C@H](F)C4=CC(=O)C=C[C@]4(C)[C@@]3(Cl)[C@@H](O)C[C@@]21C. The maximum atomic E-state index is 15.8. The van der Waals surface area contributed by atoms with Crippen molar-refractivity contribution in [1.82, 2.24) is 0 Å². The van der Waals surface area contributed by atoms with Crippen LogP contribution in [0.4, 0.5) is 4.39 Å². The Bertz CT molecular complexity index is 1240. The van der Waals surface area contributed by atoms with E-state index >= 15 is 4.39 Å². The Morgan fingerprint density at radius 3 is 2.57 bits per heavy atom. The van der Waals surface area contributed by atoms with Gasteiger partial charge in [0.15, 0.2) is 5.78 Å².